The molecule has 0 saturated carbocycles. The van der Waals surface area contributed by atoms with Gasteiger partial charge in [0.2, 0.25) is 0 Å². The number of H-pyrrole nitrogens is 1. The molecule has 1 aromatic rings. The van der Waals surface area contributed by atoms with Crippen molar-refractivity contribution < 1.29 is 0 Å². The Morgan fingerprint density at radius 3 is 3.31 bits per heavy atom. The van der Waals surface area contributed by atoms with Crippen LogP contribution in [0.4, 0.5) is 0 Å². The predicted octanol–water partition coefficient (Wildman–Crippen LogP) is 2.44. The van der Waals surface area contributed by atoms with Gasteiger partial charge in [0, 0.05) is 17.8 Å². The standard InChI is InChI=1S/C13H23N3/c1-3-4-5-10(2)15-12-6-7-13-11(8-12)9-14-16-13/h9-10,12,15H,3-8H2,1-2H3,(H,14,16). The summed E-state index contributed by atoms with van der Waals surface area (Å²) in [4.78, 5) is 0. The Morgan fingerprint density at radius 2 is 2.50 bits per heavy atom. The van der Waals surface area contributed by atoms with Crippen LogP contribution in [0, 0.1) is 0 Å². The lowest BCUT2D eigenvalue weighted by molar-refractivity contribution is 0.387. The third-order valence-electron chi connectivity index (χ3n) is 3.53. The minimum atomic E-state index is 0.650. The number of rotatable bonds is 5. The van der Waals surface area contributed by atoms with Crippen molar-refractivity contribution in [2.24, 2.45) is 0 Å². The molecule has 0 fully saturated rings. The number of aromatic amines is 1. The maximum absolute atomic E-state index is 4.11. The van der Waals surface area contributed by atoms with Crippen molar-refractivity contribution in [3.63, 3.8) is 0 Å². The number of hydrogen-bond acceptors (Lipinski definition) is 2. The van der Waals surface area contributed by atoms with Crippen LogP contribution in [0.1, 0.15) is 50.8 Å². The molecule has 1 aromatic heterocycles. The molecule has 2 atom stereocenters. The van der Waals surface area contributed by atoms with Gasteiger partial charge in [0.15, 0.2) is 0 Å². The quantitative estimate of drug-likeness (QED) is 0.801. The van der Waals surface area contributed by atoms with E-state index in [2.05, 4.69) is 29.4 Å². The number of aryl methyl sites for hydroxylation is 1. The molecule has 2 rings (SSSR count). The number of unbranched alkanes of at least 4 members (excludes halogenated alkanes) is 1. The lowest BCUT2D eigenvalue weighted by Gasteiger charge is -2.26. The normalized spacial score (nSPS) is 21.8. The molecule has 0 aromatic carbocycles. The van der Waals surface area contributed by atoms with E-state index in [1.807, 2.05) is 6.20 Å². The fourth-order valence-corrected chi connectivity index (χ4v) is 2.55. The van der Waals surface area contributed by atoms with Gasteiger partial charge in [-0.15, -0.1) is 0 Å². The summed E-state index contributed by atoms with van der Waals surface area (Å²) in [5.41, 5.74) is 2.76. The lowest BCUT2D eigenvalue weighted by atomic mass is 9.93. The number of hydrogen-bond donors (Lipinski definition) is 2. The van der Waals surface area contributed by atoms with Crippen molar-refractivity contribution in [3.8, 4) is 0 Å². The molecule has 0 amide bonds. The molecule has 3 heteroatoms. The Balaban J connectivity index is 1.80. The average molecular weight is 221 g/mol. The summed E-state index contributed by atoms with van der Waals surface area (Å²) < 4.78 is 0. The molecule has 0 bridgehead atoms. The van der Waals surface area contributed by atoms with Crippen molar-refractivity contribution in [2.45, 2.75) is 64.5 Å². The van der Waals surface area contributed by atoms with Crippen LogP contribution in [0.2, 0.25) is 0 Å². The first-order valence-corrected chi connectivity index (χ1v) is 6.56. The highest BCUT2D eigenvalue weighted by Gasteiger charge is 2.20. The average Bonchev–Trinajstić information content (AvgIpc) is 2.73. The van der Waals surface area contributed by atoms with Crippen LogP contribution in [0.3, 0.4) is 0 Å². The predicted molar refractivity (Wildman–Crippen MR) is 66.5 cm³/mol. The number of nitrogens with one attached hydrogen (secondary N) is 2. The summed E-state index contributed by atoms with van der Waals surface area (Å²) >= 11 is 0. The van der Waals surface area contributed by atoms with Gasteiger partial charge in [-0.2, -0.15) is 5.10 Å². The third-order valence-corrected chi connectivity index (χ3v) is 3.53. The maximum Gasteiger partial charge on any atom is 0.0522 e. The fourth-order valence-electron chi connectivity index (χ4n) is 2.55. The molecule has 0 saturated heterocycles. The Hall–Kier alpha value is -0.830. The smallest absolute Gasteiger partial charge is 0.0522 e. The molecule has 16 heavy (non-hydrogen) atoms. The Morgan fingerprint density at radius 1 is 1.62 bits per heavy atom. The zero-order chi connectivity index (χ0) is 11.4. The zero-order valence-electron chi connectivity index (χ0n) is 10.4. The fraction of sp³-hybridized carbons (Fsp3) is 0.769. The minimum absolute atomic E-state index is 0.650. The van der Waals surface area contributed by atoms with E-state index < -0.39 is 0 Å². The minimum Gasteiger partial charge on any atom is -0.311 e. The van der Waals surface area contributed by atoms with Crippen LogP contribution in [-0.4, -0.2) is 22.3 Å². The molecule has 1 heterocycles. The van der Waals surface area contributed by atoms with Crippen molar-refractivity contribution in [1.29, 1.82) is 0 Å². The van der Waals surface area contributed by atoms with Crippen molar-refractivity contribution >= 4 is 0 Å². The second kappa shape index (κ2) is 5.48. The Bertz CT molecular complexity index is 319. The molecule has 0 radical (unpaired) electrons. The van der Waals surface area contributed by atoms with Crippen molar-refractivity contribution in [2.75, 3.05) is 0 Å². The molecule has 0 spiro atoms. The van der Waals surface area contributed by atoms with Crippen LogP contribution >= 0.6 is 0 Å². The van der Waals surface area contributed by atoms with Crippen LogP contribution in [-0.2, 0) is 12.8 Å². The SMILES string of the molecule is CCCCC(C)NC1CCc2[nH]ncc2C1. The summed E-state index contributed by atoms with van der Waals surface area (Å²) in [6.45, 7) is 4.56. The molecule has 2 N–H and O–H groups in total. The van der Waals surface area contributed by atoms with E-state index >= 15 is 0 Å². The lowest BCUT2D eigenvalue weighted by Crippen LogP contribution is -2.40. The first kappa shape index (κ1) is 11.6. The van der Waals surface area contributed by atoms with Crippen molar-refractivity contribution in [3.05, 3.63) is 17.5 Å². The second-order valence-corrected chi connectivity index (χ2v) is 5.02. The van der Waals surface area contributed by atoms with Crippen LogP contribution in [0.15, 0.2) is 6.20 Å². The van der Waals surface area contributed by atoms with E-state index in [0.717, 1.165) is 12.8 Å². The first-order valence-electron chi connectivity index (χ1n) is 6.56. The van der Waals surface area contributed by atoms with Gasteiger partial charge in [-0.1, -0.05) is 19.8 Å². The van der Waals surface area contributed by atoms with Crippen LogP contribution in [0.5, 0.6) is 0 Å². The van der Waals surface area contributed by atoms with E-state index in [1.165, 1.54) is 36.9 Å². The van der Waals surface area contributed by atoms with Gasteiger partial charge in [0.25, 0.3) is 0 Å². The third kappa shape index (κ3) is 2.85. The molecule has 90 valence electrons. The van der Waals surface area contributed by atoms with Crippen molar-refractivity contribution in [1.82, 2.24) is 15.5 Å². The van der Waals surface area contributed by atoms with E-state index in [9.17, 15) is 0 Å². The maximum atomic E-state index is 4.11. The van der Waals surface area contributed by atoms with Gasteiger partial charge in [0.05, 0.1) is 6.20 Å². The highest BCUT2D eigenvalue weighted by atomic mass is 15.1. The second-order valence-electron chi connectivity index (χ2n) is 5.02. The summed E-state index contributed by atoms with van der Waals surface area (Å²) in [6, 6.07) is 1.30. The molecular weight excluding hydrogens is 198 g/mol. The van der Waals surface area contributed by atoms with Gasteiger partial charge in [-0.25, -0.2) is 0 Å². The zero-order valence-corrected chi connectivity index (χ0v) is 10.4. The Labute approximate surface area is 98.0 Å². The van der Waals surface area contributed by atoms with Gasteiger partial charge < -0.3 is 5.32 Å². The van der Waals surface area contributed by atoms with Crippen LogP contribution in [0.25, 0.3) is 0 Å². The van der Waals surface area contributed by atoms with Gasteiger partial charge in [0.1, 0.15) is 0 Å². The molecule has 3 nitrogen and oxygen atoms in total. The summed E-state index contributed by atoms with van der Waals surface area (Å²) in [5, 5.41) is 10.9. The van der Waals surface area contributed by atoms with E-state index in [0.29, 0.717) is 12.1 Å². The summed E-state index contributed by atoms with van der Waals surface area (Å²) in [6.07, 6.45) is 9.44. The van der Waals surface area contributed by atoms with E-state index in [4.69, 9.17) is 0 Å². The molecule has 2 unspecified atom stereocenters. The molecular formula is C13H23N3. The summed E-state index contributed by atoms with van der Waals surface area (Å²) in [7, 11) is 0. The number of aromatic nitrogens is 2. The van der Waals surface area contributed by atoms with Gasteiger partial charge in [-0.3, -0.25) is 5.10 Å². The first-order chi connectivity index (χ1) is 7.79. The van der Waals surface area contributed by atoms with Crippen LogP contribution < -0.4 is 5.32 Å². The molecule has 1 aliphatic rings. The highest BCUT2D eigenvalue weighted by Crippen LogP contribution is 2.19. The van der Waals surface area contributed by atoms with E-state index in [1.54, 1.807) is 0 Å². The topological polar surface area (TPSA) is 40.7 Å². The number of fused-ring (bicyclic) bond motifs is 1. The number of nitrogens with zero attached hydrogens (tertiary/aromatic N) is 1. The molecule has 0 aliphatic heterocycles. The van der Waals surface area contributed by atoms with Gasteiger partial charge in [-0.05, 0) is 38.2 Å². The van der Waals surface area contributed by atoms with Gasteiger partial charge >= 0.3 is 0 Å². The highest BCUT2D eigenvalue weighted by molar-refractivity contribution is 5.21. The molecule has 1 aliphatic carbocycles. The summed E-state index contributed by atoms with van der Waals surface area (Å²) in [5.74, 6) is 0. The largest absolute Gasteiger partial charge is 0.311 e. The van der Waals surface area contributed by atoms with E-state index in [-0.39, 0.29) is 0 Å². The Kier molecular flexibility index (Phi) is 3.99. The monoisotopic (exact) mass is 221 g/mol.